The highest BCUT2D eigenvalue weighted by atomic mass is 32.1. The van der Waals surface area contributed by atoms with Crippen LogP contribution in [0.2, 0.25) is 0 Å². The maximum absolute atomic E-state index is 12.6. The normalized spacial score (nSPS) is 10.7. The van der Waals surface area contributed by atoms with Gasteiger partial charge >= 0.3 is 0 Å². The molecule has 2 heterocycles. The Balaban J connectivity index is 1.75. The number of aromatic nitrogens is 2. The van der Waals surface area contributed by atoms with Crippen LogP contribution in [0.15, 0.2) is 48.0 Å². The van der Waals surface area contributed by atoms with Gasteiger partial charge in [-0.3, -0.25) is 4.79 Å². The number of aryl methyl sites for hydroxylation is 2. The van der Waals surface area contributed by atoms with Crippen LogP contribution in [-0.4, -0.2) is 27.6 Å². The van der Waals surface area contributed by atoms with Crippen LogP contribution in [0.3, 0.4) is 0 Å². The number of hydrogen-bond acceptors (Lipinski definition) is 3. The lowest BCUT2D eigenvalue weighted by atomic mass is 10.1. The third-order valence-corrected chi connectivity index (χ3v) is 4.89. The van der Waals surface area contributed by atoms with Crippen molar-refractivity contribution in [2.24, 2.45) is 0 Å². The maximum Gasteiger partial charge on any atom is 0.253 e. The summed E-state index contributed by atoms with van der Waals surface area (Å²) in [5.74, 6) is 0.0292. The zero-order valence-corrected chi connectivity index (χ0v) is 14.3. The van der Waals surface area contributed by atoms with Gasteiger partial charge in [0.1, 0.15) is 0 Å². The highest BCUT2D eigenvalue weighted by molar-refractivity contribution is 7.10. The second kappa shape index (κ2) is 6.38. The highest BCUT2D eigenvalue weighted by Crippen LogP contribution is 2.19. The number of carbonyl (C=O) groups excluding carboxylic acids is 1. The van der Waals surface area contributed by atoms with E-state index < -0.39 is 0 Å². The first kappa shape index (κ1) is 15.5. The van der Waals surface area contributed by atoms with Gasteiger partial charge in [0.2, 0.25) is 0 Å². The van der Waals surface area contributed by atoms with Crippen LogP contribution in [0.4, 0.5) is 0 Å². The molecule has 0 unspecified atom stereocenters. The van der Waals surface area contributed by atoms with Gasteiger partial charge in [-0.1, -0.05) is 0 Å². The summed E-state index contributed by atoms with van der Waals surface area (Å²) in [6.07, 6.45) is 1.77. The fraction of sp³-hybridized carbons (Fsp3) is 0.222. The third-order valence-electron chi connectivity index (χ3n) is 3.89. The fourth-order valence-electron chi connectivity index (χ4n) is 2.46. The van der Waals surface area contributed by atoms with Gasteiger partial charge in [-0.25, -0.2) is 4.68 Å². The number of rotatable bonds is 4. The largest absolute Gasteiger partial charge is 0.337 e. The summed E-state index contributed by atoms with van der Waals surface area (Å²) in [6, 6.07) is 11.6. The zero-order valence-electron chi connectivity index (χ0n) is 13.5. The van der Waals surface area contributed by atoms with Crippen molar-refractivity contribution in [3.05, 3.63) is 69.7 Å². The summed E-state index contributed by atoms with van der Waals surface area (Å²) < 4.78 is 1.85. The summed E-state index contributed by atoms with van der Waals surface area (Å²) in [7, 11) is 1.84. The Hall–Kier alpha value is -2.40. The van der Waals surface area contributed by atoms with Crippen molar-refractivity contribution in [1.82, 2.24) is 14.7 Å². The minimum atomic E-state index is 0.0292. The first-order valence-electron chi connectivity index (χ1n) is 7.46. The Morgan fingerprint density at radius 3 is 2.48 bits per heavy atom. The van der Waals surface area contributed by atoms with Gasteiger partial charge in [0.25, 0.3) is 5.91 Å². The second-order valence-corrected chi connectivity index (χ2v) is 6.62. The molecule has 0 saturated heterocycles. The number of benzene rings is 1. The van der Waals surface area contributed by atoms with E-state index in [1.807, 2.05) is 49.0 Å². The van der Waals surface area contributed by atoms with E-state index in [-0.39, 0.29) is 5.91 Å². The Bertz CT molecular complexity index is 817. The first-order chi connectivity index (χ1) is 11.1. The van der Waals surface area contributed by atoms with E-state index in [9.17, 15) is 4.79 Å². The lowest BCUT2D eigenvalue weighted by Crippen LogP contribution is -2.26. The van der Waals surface area contributed by atoms with E-state index >= 15 is 0 Å². The molecule has 3 rings (SSSR count). The highest BCUT2D eigenvalue weighted by Gasteiger charge is 2.14. The lowest BCUT2D eigenvalue weighted by molar-refractivity contribution is 0.0786. The molecule has 23 heavy (non-hydrogen) atoms. The zero-order chi connectivity index (χ0) is 16.4. The van der Waals surface area contributed by atoms with Crippen molar-refractivity contribution in [3.63, 3.8) is 0 Å². The minimum Gasteiger partial charge on any atom is -0.337 e. The Kier molecular flexibility index (Phi) is 4.30. The Labute approximate surface area is 140 Å². The van der Waals surface area contributed by atoms with E-state index in [2.05, 4.69) is 23.5 Å². The Morgan fingerprint density at radius 1 is 1.17 bits per heavy atom. The predicted molar refractivity (Wildman–Crippen MR) is 93.2 cm³/mol. The van der Waals surface area contributed by atoms with Crippen LogP contribution >= 0.6 is 11.3 Å². The van der Waals surface area contributed by atoms with E-state index in [1.54, 1.807) is 22.4 Å². The second-order valence-electron chi connectivity index (χ2n) is 5.62. The average molecular weight is 325 g/mol. The van der Waals surface area contributed by atoms with Crippen LogP contribution in [0.1, 0.15) is 26.5 Å². The van der Waals surface area contributed by atoms with Crippen LogP contribution < -0.4 is 0 Å². The van der Waals surface area contributed by atoms with Gasteiger partial charge in [-0.15, -0.1) is 11.3 Å². The third kappa shape index (κ3) is 3.19. The van der Waals surface area contributed by atoms with E-state index in [0.29, 0.717) is 12.1 Å². The van der Waals surface area contributed by atoms with Crippen molar-refractivity contribution in [2.75, 3.05) is 7.05 Å². The number of carbonyl (C=O) groups is 1. The van der Waals surface area contributed by atoms with Crippen molar-refractivity contribution in [2.45, 2.75) is 20.4 Å². The lowest BCUT2D eigenvalue weighted by Gasteiger charge is -2.17. The molecule has 0 saturated carbocycles. The molecule has 0 aliphatic rings. The van der Waals surface area contributed by atoms with Gasteiger partial charge in [-0.2, -0.15) is 5.10 Å². The standard InChI is InChI=1S/C18H19N3OS/c1-13-9-11-23-17(13)12-20(3)18(22)15-4-6-16(7-5-15)21-14(2)8-10-19-21/h4-11H,12H2,1-3H3. The van der Waals surface area contributed by atoms with Gasteiger partial charge in [0, 0.05) is 29.4 Å². The van der Waals surface area contributed by atoms with Gasteiger partial charge < -0.3 is 4.90 Å². The molecule has 5 heteroatoms. The molecule has 118 valence electrons. The van der Waals surface area contributed by atoms with E-state index in [4.69, 9.17) is 0 Å². The molecule has 0 aliphatic heterocycles. The topological polar surface area (TPSA) is 38.1 Å². The van der Waals surface area contributed by atoms with Gasteiger partial charge in [-0.05, 0) is 61.2 Å². The van der Waals surface area contributed by atoms with E-state index in [1.165, 1.54) is 10.4 Å². The molecule has 2 aromatic heterocycles. The SMILES string of the molecule is Cc1ccsc1CN(C)C(=O)c1ccc(-n2nccc2C)cc1. The number of thiophene rings is 1. The molecule has 1 aromatic carbocycles. The summed E-state index contributed by atoms with van der Waals surface area (Å²) in [5, 5.41) is 6.34. The van der Waals surface area contributed by atoms with Crippen LogP contribution in [0.25, 0.3) is 5.69 Å². The van der Waals surface area contributed by atoms with Crippen molar-refractivity contribution < 1.29 is 4.79 Å². The van der Waals surface area contributed by atoms with Gasteiger partial charge in [0.15, 0.2) is 0 Å². The van der Waals surface area contributed by atoms with Crippen LogP contribution in [0.5, 0.6) is 0 Å². The van der Waals surface area contributed by atoms with Crippen LogP contribution in [0, 0.1) is 13.8 Å². The Morgan fingerprint density at radius 2 is 1.91 bits per heavy atom. The smallest absolute Gasteiger partial charge is 0.253 e. The molecule has 0 N–H and O–H groups in total. The monoisotopic (exact) mass is 325 g/mol. The summed E-state index contributed by atoms with van der Waals surface area (Å²) in [5.41, 5.74) is 3.95. The number of nitrogens with zero attached hydrogens (tertiary/aromatic N) is 3. The number of amides is 1. The molecule has 0 aliphatic carbocycles. The quantitative estimate of drug-likeness (QED) is 0.731. The maximum atomic E-state index is 12.6. The van der Waals surface area contributed by atoms with E-state index in [0.717, 1.165) is 11.4 Å². The molecule has 1 amide bonds. The van der Waals surface area contributed by atoms with Crippen LogP contribution in [-0.2, 0) is 6.54 Å². The predicted octanol–water partition coefficient (Wildman–Crippen LogP) is 3.82. The summed E-state index contributed by atoms with van der Waals surface area (Å²) >= 11 is 1.69. The average Bonchev–Trinajstić information content (AvgIpc) is 3.15. The molecule has 0 spiro atoms. The fourth-order valence-corrected chi connectivity index (χ4v) is 3.42. The molecule has 4 nitrogen and oxygen atoms in total. The van der Waals surface area contributed by atoms with Crippen molar-refractivity contribution in [3.8, 4) is 5.69 Å². The van der Waals surface area contributed by atoms with Gasteiger partial charge in [0.05, 0.1) is 12.2 Å². The molecular formula is C18H19N3OS. The molecule has 0 atom stereocenters. The summed E-state index contributed by atoms with van der Waals surface area (Å²) in [6.45, 7) is 4.72. The van der Waals surface area contributed by atoms with Crippen molar-refractivity contribution in [1.29, 1.82) is 0 Å². The number of hydrogen-bond donors (Lipinski definition) is 0. The first-order valence-corrected chi connectivity index (χ1v) is 8.34. The van der Waals surface area contributed by atoms with Crippen molar-refractivity contribution >= 4 is 17.2 Å². The molecule has 0 radical (unpaired) electrons. The molecule has 0 fully saturated rings. The molecular weight excluding hydrogens is 306 g/mol. The molecule has 0 bridgehead atoms. The summed E-state index contributed by atoms with van der Waals surface area (Å²) in [4.78, 5) is 15.5. The molecule has 3 aromatic rings. The minimum absolute atomic E-state index is 0.0292.